The van der Waals surface area contributed by atoms with E-state index >= 15 is 0 Å². The van der Waals surface area contributed by atoms with E-state index in [-0.39, 0.29) is 6.61 Å². The van der Waals surface area contributed by atoms with E-state index in [1.807, 2.05) is 6.92 Å². The second-order valence-electron chi connectivity index (χ2n) is 4.48. The molecule has 0 fully saturated rings. The van der Waals surface area contributed by atoms with Crippen molar-refractivity contribution in [1.29, 1.82) is 0 Å². The number of hydrogen-bond donors (Lipinski definition) is 1. The van der Waals surface area contributed by atoms with Gasteiger partial charge in [-0.05, 0) is 36.6 Å². The number of primary amides is 1. The van der Waals surface area contributed by atoms with E-state index in [2.05, 4.69) is 5.16 Å². The second-order valence-corrected chi connectivity index (χ2v) is 5.43. The maximum atomic E-state index is 11.7. The lowest BCUT2D eigenvalue weighted by molar-refractivity contribution is -0.119. The van der Waals surface area contributed by atoms with E-state index in [1.165, 1.54) is 17.6 Å². The number of ether oxygens (including phenoxy) is 2. The predicted octanol–water partition coefficient (Wildman–Crippen LogP) is 2.20. The van der Waals surface area contributed by atoms with Gasteiger partial charge in [-0.25, -0.2) is 4.79 Å². The van der Waals surface area contributed by atoms with Crippen molar-refractivity contribution in [2.24, 2.45) is 10.9 Å². The molecule has 2 aromatic rings. The first-order chi connectivity index (χ1) is 11.6. The largest absolute Gasteiger partial charge is 0.490 e. The van der Waals surface area contributed by atoms with Crippen molar-refractivity contribution >= 4 is 29.4 Å². The Morgan fingerprint density at radius 2 is 2.08 bits per heavy atom. The van der Waals surface area contributed by atoms with Crippen LogP contribution < -0.4 is 15.2 Å². The lowest BCUT2D eigenvalue weighted by Crippen LogP contribution is -2.20. The number of hydrogen-bond acceptors (Lipinski definition) is 7. The summed E-state index contributed by atoms with van der Waals surface area (Å²) in [7, 11) is 0. The Labute approximate surface area is 142 Å². The van der Waals surface area contributed by atoms with Gasteiger partial charge in [-0.2, -0.15) is 0 Å². The van der Waals surface area contributed by atoms with Crippen LogP contribution in [0.1, 0.15) is 22.2 Å². The zero-order valence-electron chi connectivity index (χ0n) is 12.9. The van der Waals surface area contributed by atoms with E-state index in [1.54, 1.807) is 35.7 Å². The number of nitrogens with zero attached hydrogens (tertiary/aromatic N) is 1. The maximum Gasteiger partial charge on any atom is 0.375 e. The van der Waals surface area contributed by atoms with E-state index in [4.69, 9.17) is 20.0 Å². The molecule has 0 saturated heterocycles. The Morgan fingerprint density at radius 1 is 1.25 bits per heavy atom. The van der Waals surface area contributed by atoms with Crippen LogP contribution in [0.4, 0.5) is 0 Å². The summed E-state index contributed by atoms with van der Waals surface area (Å²) in [5.74, 6) is -0.271. The van der Waals surface area contributed by atoms with Crippen molar-refractivity contribution in [3.63, 3.8) is 0 Å². The molecule has 1 aromatic heterocycles. The smallest absolute Gasteiger partial charge is 0.375 e. The van der Waals surface area contributed by atoms with Gasteiger partial charge in [0.1, 0.15) is 4.88 Å². The molecule has 0 aliphatic carbocycles. The predicted molar refractivity (Wildman–Crippen MR) is 89.6 cm³/mol. The molecule has 1 amide bonds. The Bertz CT molecular complexity index is 728. The molecule has 0 spiro atoms. The Morgan fingerprint density at radius 3 is 2.75 bits per heavy atom. The van der Waals surface area contributed by atoms with Crippen LogP contribution in [0.25, 0.3) is 0 Å². The summed E-state index contributed by atoms with van der Waals surface area (Å²) in [5.41, 5.74) is 5.70. The second kappa shape index (κ2) is 8.68. The molecule has 0 atom stereocenters. The first-order valence-electron chi connectivity index (χ1n) is 7.06. The van der Waals surface area contributed by atoms with Gasteiger partial charge < -0.3 is 20.0 Å². The normalized spacial score (nSPS) is 10.5. The first-order valence-corrected chi connectivity index (χ1v) is 7.94. The van der Waals surface area contributed by atoms with Gasteiger partial charge in [0.15, 0.2) is 18.1 Å². The van der Waals surface area contributed by atoms with E-state index in [0.29, 0.717) is 28.5 Å². The average Bonchev–Trinajstić information content (AvgIpc) is 3.08. The third kappa shape index (κ3) is 5.10. The minimum atomic E-state index is -0.580. The quantitative estimate of drug-likeness (QED) is 0.448. The standard InChI is InChI=1S/C16H16N2O5S/c1-2-21-13-8-11(5-6-12(13)22-10-15(17)19)9-18-23-16(20)14-4-3-7-24-14/h3-9H,2,10H2,1H3,(H2,17,19)/b18-9+. The highest BCUT2D eigenvalue weighted by Gasteiger charge is 2.09. The van der Waals surface area contributed by atoms with Crippen molar-refractivity contribution in [3.8, 4) is 11.5 Å². The van der Waals surface area contributed by atoms with Crippen molar-refractivity contribution in [3.05, 3.63) is 46.2 Å². The average molecular weight is 348 g/mol. The molecule has 0 aliphatic heterocycles. The fourth-order valence-corrected chi connectivity index (χ4v) is 2.31. The van der Waals surface area contributed by atoms with Crippen LogP contribution in [0.5, 0.6) is 11.5 Å². The van der Waals surface area contributed by atoms with Gasteiger partial charge in [0.25, 0.3) is 5.91 Å². The van der Waals surface area contributed by atoms with Crippen LogP contribution in [0.2, 0.25) is 0 Å². The summed E-state index contributed by atoms with van der Waals surface area (Å²) in [6.07, 6.45) is 1.38. The Balaban J connectivity index is 2.04. The van der Waals surface area contributed by atoms with Gasteiger partial charge in [-0.15, -0.1) is 11.3 Å². The van der Waals surface area contributed by atoms with Crippen LogP contribution in [0.15, 0.2) is 40.9 Å². The van der Waals surface area contributed by atoms with E-state index in [0.717, 1.165) is 0 Å². The molecule has 8 heteroatoms. The highest BCUT2D eigenvalue weighted by Crippen LogP contribution is 2.28. The highest BCUT2D eigenvalue weighted by atomic mass is 32.1. The number of nitrogens with two attached hydrogens (primary N) is 1. The van der Waals surface area contributed by atoms with E-state index in [9.17, 15) is 9.59 Å². The lowest BCUT2D eigenvalue weighted by atomic mass is 10.2. The molecule has 1 heterocycles. The van der Waals surface area contributed by atoms with Crippen molar-refractivity contribution in [2.75, 3.05) is 13.2 Å². The number of carbonyl (C=O) groups excluding carboxylic acids is 2. The summed E-state index contributed by atoms with van der Waals surface area (Å²) in [6, 6.07) is 8.37. The molecule has 0 unspecified atom stereocenters. The number of rotatable bonds is 8. The van der Waals surface area contributed by atoms with Crippen LogP contribution >= 0.6 is 11.3 Å². The first kappa shape index (κ1) is 17.5. The number of benzene rings is 1. The zero-order valence-corrected chi connectivity index (χ0v) is 13.7. The lowest BCUT2D eigenvalue weighted by Gasteiger charge is -2.11. The summed E-state index contributed by atoms with van der Waals surface area (Å²) in [4.78, 5) is 27.7. The Kier molecular flexibility index (Phi) is 6.32. The van der Waals surface area contributed by atoms with Gasteiger partial charge in [-0.1, -0.05) is 11.2 Å². The molecule has 0 bridgehead atoms. The highest BCUT2D eigenvalue weighted by molar-refractivity contribution is 7.11. The molecule has 24 heavy (non-hydrogen) atoms. The minimum Gasteiger partial charge on any atom is -0.490 e. The summed E-state index contributed by atoms with van der Waals surface area (Å²) < 4.78 is 10.7. The molecular formula is C16H16N2O5S. The topological polar surface area (TPSA) is 100 Å². The zero-order chi connectivity index (χ0) is 17.4. The molecule has 0 radical (unpaired) electrons. The third-order valence-electron chi connectivity index (χ3n) is 2.70. The SMILES string of the molecule is CCOc1cc(/C=N/OC(=O)c2cccs2)ccc1OCC(N)=O. The van der Waals surface area contributed by atoms with Crippen LogP contribution in [0, 0.1) is 0 Å². The monoisotopic (exact) mass is 348 g/mol. The molecule has 2 N–H and O–H groups in total. The molecule has 0 saturated carbocycles. The van der Waals surface area contributed by atoms with Gasteiger partial charge >= 0.3 is 5.97 Å². The van der Waals surface area contributed by atoms with Gasteiger partial charge in [0, 0.05) is 5.56 Å². The molecule has 0 aliphatic rings. The summed E-state index contributed by atoms with van der Waals surface area (Å²) >= 11 is 1.27. The Hall–Kier alpha value is -2.87. The van der Waals surface area contributed by atoms with Crippen LogP contribution in [-0.2, 0) is 9.63 Å². The third-order valence-corrected chi connectivity index (χ3v) is 3.55. The summed E-state index contributed by atoms with van der Waals surface area (Å²) in [6.45, 7) is 1.99. The minimum absolute atomic E-state index is 0.244. The molecule has 2 rings (SSSR count). The molecule has 1 aromatic carbocycles. The van der Waals surface area contributed by atoms with Crippen LogP contribution in [-0.4, -0.2) is 31.3 Å². The van der Waals surface area contributed by atoms with Crippen molar-refractivity contribution < 1.29 is 23.9 Å². The maximum absolute atomic E-state index is 11.7. The van der Waals surface area contributed by atoms with E-state index < -0.39 is 11.9 Å². The van der Waals surface area contributed by atoms with Crippen molar-refractivity contribution in [1.82, 2.24) is 0 Å². The molecular weight excluding hydrogens is 332 g/mol. The number of oxime groups is 1. The fraction of sp³-hybridized carbons (Fsp3) is 0.188. The van der Waals surface area contributed by atoms with Gasteiger partial charge in [-0.3, -0.25) is 4.79 Å². The fourth-order valence-electron chi connectivity index (χ4n) is 1.72. The van der Waals surface area contributed by atoms with Gasteiger partial charge in [0.05, 0.1) is 12.8 Å². The summed E-state index contributed by atoms with van der Waals surface area (Å²) in [5, 5.41) is 5.44. The number of thiophene rings is 1. The molecule has 126 valence electrons. The van der Waals surface area contributed by atoms with Gasteiger partial charge in [0.2, 0.25) is 0 Å². The van der Waals surface area contributed by atoms with Crippen LogP contribution in [0.3, 0.4) is 0 Å². The number of amides is 1. The number of carbonyl (C=O) groups is 2. The van der Waals surface area contributed by atoms with Crippen molar-refractivity contribution in [2.45, 2.75) is 6.92 Å². The molecule has 7 nitrogen and oxygen atoms in total.